The van der Waals surface area contributed by atoms with Crippen LogP contribution in [0.1, 0.15) is 35.0 Å². The summed E-state index contributed by atoms with van der Waals surface area (Å²) in [7, 11) is 0. The summed E-state index contributed by atoms with van der Waals surface area (Å²) in [6, 6.07) is 19.4. The second kappa shape index (κ2) is 8.85. The highest BCUT2D eigenvalue weighted by Gasteiger charge is 2.29. The highest BCUT2D eigenvalue weighted by molar-refractivity contribution is 9.10. The van der Waals surface area contributed by atoms with Gasteiger partial charge in [-0.3, -0.25) is 4.79 Å². The molecule has 0 spiro atoms. The number of fused-ring (bicyclic) bond motifs is 1. The summed E-state index contributed by atoms with van der Waals surface area (Å²) in [5.41, 5.74) is 2.37. The first-order valence-corrected chi connectivity index (χ1v) is 11.8. The van der Waals surface area contributed by atoms with E-state index < -0.39 is 0 Å². The molecule has 0 bridgehead atoms. The van der Waals surface area contributed by atoms with Gasteiger partial charge in [0.1, 0.15) is 10.5 Å². The minimum atomic E-state index is 0.0426. The zero-order valence-corrected chi connectivity index (χ0v) is 19.1. The highest BCUT2D eigenvalue weighted by Crippen LogP contribution is 2.33. The molecule has 1 aliphatic rings. The van der Waals surface area contributed by atoms with Crippen LogP contribution in [0.2, 0.25) is 0 Å². The maximum absolute atomic E-state index is 13.4. The number of aromatic nitrogens is 2. The van der Waals surface area contributed by atoms with Crippen molar-refractivity contribution in [2.75, 3.05) is 13.1 Å². The van der Waals surface area contributed by atoms with Gasteiger partial charge in [-0.1, -0.05) is 36.0 Å². The van der Waals surface area contributed by atoms with Crippen molar-refractivity contribution in [3.05, 3.63) is 82.8 Å². The number of benzene rings is 2. The molecule has 1 fully saturated rings. The van der Waals surface area contributed by atoms with Crippen LogP contribution in [0.3, 0.4) is 0 Å². The Morgan fingerprint density at radius 3 is 2.77 bits per heavy atom. The monoisotopic (exact) mass is 493 g/mol. The fraction of sp³-hybridized carbons (Fsp3) is 0.208. The summed E-state index contributed by atoms with van der Waals surface area (Å²) < 4.78 is 6.92. The van der Waals surface area contributed by atoms with Crippen LogP contribution in [0, 0.1) is 0 Å². The van der Waals surface area contributed by atoms with Crippen LogP contribution in [0.25, 0.3) is 11.1 Å². The largest absolute Gasteiger partial charge is 0.440 e. The van der Waals surface area contributed by atoms with E-state index in [4.69, 9.17) is 4.42 Å². The number of halogens is 1. The van der Waals surface area contributed by atoms with Gasteiger partial charge in [0.2, 0.25) is 0 Å². The van der Waals surface area contributed by atoms with Gasteiger partial charge in [0, 0.05) is 28.7 Å². The second-order valence-corrected chi connectivity index (χ2v) is 9.50. The lowest BCUT2D eigenvalue weighted by atomic mass is 9.97. The standard InChI is InChI=1S/C24H20BrN3O2S/c25-17-11-12-22(26-14-17)31-21-10-4-1-7-18(21)24(29)28-13-5-6-16(15-28)23-27-19-8-2-3-9-20(19)30-23/h1-4,7-12,14,16H,5-6,13,15H2. The Balaban J connectivity index is 1.36. The smallest absolute Gasteiger partial charge is 0.255 e. The third-order valence-corrected chi connectivity index (χ3v) is 6.90. The number of rotatable bonds is 4. The van der Waals surface area contributed by atoms with E-state index in [9.17, 15) is 4.79 Å². The number of hydrogen-bond donors (Lipinski definition) is 0. The van der Waals surface area contributed by atoms with Gasteiger partial charge in [-0.05, 0) is 65.2 Å². The van der Waals surface area contributed by atoms with Crippen molar-refractivity contribution in [2.24, 2.45) is 0 Å². The molecule has 2 aromatic carbocycles. The first-order chi connectivity index (χ1) is 15.2. The van der Waals surface area contributed by atoms with Gasteiger partial charge in [-0.2, -0.15) is 0 Å². The third kappa shape index (κ3) is 4.38. The van der Waals surface area contributed by atoms with E-state index in [2.05, 4.69) is 25.9 Å². The molecule has 1 atom stereocenters. The number of oxazole rings is 1. The predicted octanol–water partition coefficient (Wildman–Crippen LogP) is 6.16. The van der Waals surface area contributed by atoms with Crippen molar-refractivity contribution >= 4 is 44.7 Å². The molecule has 0 radical (unpaired) electrons. The third-order valence-electron chi connectivity index (χ3n) is 5.40. The molecule has 0 saturated carbocycles. The van der Waals surface area contributed by atoms with Crippen molar-refractivity contribution in [1.29, 1.82) is 0 Å². The van der Waals surface area contributed by atoms with Crippen LogP contribution >= 0.6 is 27.7 Å². The normalized spacial score (nSPS) is 16.5. The highest BCUT2D eigenvalue weighted by atomic mass is 79.9. The molecule has 5 nitrogen and oxygen atoms in total. The van der Waals surface area contributed by atoms with E-state index in [1.54, 1.807) is 6.20 Å². The molecule has 4 aromatic rings. The van der Waals surface area contributed by atoms with Gasteiger partial charge in [-0.15, -0.1) is 0 Å². The molecule has 1 saturated heterocycles. The number of piperidine rings is 1. The summed E-state index contributed by atoms with van der Waals surface area (Å²) in [5, 5.41) is 0.853. The van der Waals surface area contributed by atoms with Crippen molar-refractivity contribution in [2.45, 2.75) is 28.7 Å². The summed E-state index contributed by atoms with van der Waals surface area (Å²) in [6.07, 6.45) is 3.66. The number of carbonyl (C=O) groups is 1. The number of pyridine rings is 1. The number of likely N-dealkylation sites (tertiary alicyclic amines) is 1. The molecular formula is C24H20BrN3O2S. The van der Waals surface area contributed by atoms with Crippen molar-refractivity contribution in [1.82, 2.24) is 14.9 Å². The second-order valence-electron chi connectivity index (χ2n) is 7.52. The van der Waals surface area contributed by atoms with Crippen LogP contribution in [-0.2, 0) is 0 Å². The maximum atomic E-state index is 13.4. The van der Waals surface area contributed by atoms with Crippen molar-refractivity contribution < 1.29 is 9.21 Å². The number of nitrogens with zero attached hydrogens (tertiary/aromatic N) is 3. The lowest BCUT2D eigenvalue weighted by Gasteiger charge is -2.31. The Morgan fingerprint density at radius 2 is 1.94 bits per heavy atom. The van der Waals surface area contributed by atoms with E-state index in [1.807, 2.05) is 65.6 Å². The summed E-state index contributed by atoms with van der Waals surface area (Å²) >= 11 is 4.92. The zero-order chi connectivity index (χ0) is 21.2. The lowest BCUT2D eigenvalue weighted by molar-refractivity contribution is 0.0695. The van der Waals surface area contributed by atoms with Gasteiger partial charge >= 0.3 is 0 Å². The van der Waals surface area contributed by atoms with Gasteiger partial charge in [0.15, 0.2) is 11.5 Å². The minimum Gasteiger partial charge on any atom is -0.440 e. The molecule has 31 heavy (non-hydrogen) atoms. The van der Waals surface area contributed by atoms with E-state index in [0.29, 0.717) is 12.1 Å². The van der Waals surface area contributed by atoms with Gasteiger partial charge < -0.3 is 9.32 Å². The van der Waals surface area contributed by atoms with Crippen LogP contribution in [0.5, 0.6) is 0 Å². The maximum Gasteiger partial charge on any atom is 0.255 e. The summed E-state index contributed by atoms with van der Waals surface area (Å²) in [5.74, 6) is 0.875. The Labute approximate surface area is 193 Å². The first-order valence-electron chi connectivity index (χ1n) is 10.2. The van der Waals surface area contributed by atoms with Gasteiger partial charge in [0.25, 0.3) is 5.91 Å². The Morgan fingerprint density at radius 1 is 1.10 bits per heavy atom. The summed E-state index contributed by atoms with van der Waals surface area (Å²) in [4.78, 5) is 25.4. The quantitative estimate of drug-likeness (QED) is 0.340. The molecule has 7 heteroatoms. The Hall–Kier alpha value is -2.64. The average Bonchev–Trinajstić information content (AvgIpc) is 3.25. The molecule has 156 valence electrons. The summed E-state index contributed by atoms with van der Waals surface area (Å²) in [6.45, 7) is 1.35. The predicted molar refractivity (Wildman–Crippen MR) is 124 cm³/mol. The Kier molecular flexibility index (Phi) is 5.78. The molecular weight excluding hydrogens is 474 g/mol. The molecule has 5 rings (SSSR count). The average molecular weight is 494 g/mol. The van der Waals surface area contributed by atoms with Crippen LogP contribution in [0.4, 0.5) is 0 Å². The molecule has 1 unspecified atom stereocenters. The molecule has 0 N–H and O–H groups in total. The van der Waals surface area contributed by atoms with E-state index >= 15 is 0 Å². The van der Waals surface area contributed by atoms with Crippen LogP contribution in [-0.4, -0.2) is 33.9 Å². The fourth-order valence-corrected chi connectivity index (χ4v) is 4.98. The van der Waals surface area contributed by atoms with Gasteiger partial charge in [-0.25, -0.2) is 9.97 Å². The van der Waals surface area contributed by atoms with E-state index in [-0.39, 0.29) is 11.8 Å². The van der Waals surface area contributed by atoms with Crippen LogP contribution in [0.15, 0.2) is 85.7 Å². The minimum absolute atomic E-state index is 0.0426. The molecule has 1 amide bonds. The molecule has 0 aliphatic carbocycles. The Bertz CT molecular complexity index is 1190. The van der Waals surface area contributed by atoms with Gasteiger partial charge in [0.05, 0.1) is 11.5 Å². The fourth-order valence-electron chi connectivity index (χ4n) is 3.87. The SMILES string of the molecule is O=C(c1ccccc1Sc1ccc(Br)cn1)N1CCCC(c2nc3ccccc3o2)C1. The molecule has 3 heterocycles. The van der Waals surface area contributed by atoms with Crippen molar-refractivity contribution in [3.8, 4) is 0 Å². The number of amides is 1. The topological polar surface area (TPSA) is 59.2 Å². The number of hydrogen-bond acceptors (Lipinski definition) is 5. The lowest BCUT2D eigenvalue weighted by Crippen LogP contribution is -2.39. The first kappa shape index (κ1) is 20.3. The number of para-hydroxylation sites is 2. The van der Waals surface area contributed by atoms with E-state index in [1.165, 1.54) is 11.8 Å². The zero-order valence-electron chi connectivity index (χ0n) is 16.7. The van der Waals surface area contributed by atoms with Crippen molar-refractivity contribution in [3.63, 3.8) is 0 Å². The molecule has 2 aromatic heterocycles. The number of carbonyl (C=O) groups excluding carboxylic acids is 1. The van der Waals surface area contributed by atoms with Crippen LogP contribution < -0.4 is 0 Å². The molecule has 1 aliphatic heterocycles. The van der Waals surface area contributed by atoms with E-state index in [0.717, 1.165) is 50.8 Å².